The van der Waals surface area contributed by atoms with E-state index in [0.29, 0.717) is 11.3 Å². The first-order valence-corrected chi connectivity index (χ1v) is 15.6. The average molecular weight is 591 g/mol. The van der Waals surface area contributed by atoms with Crippen molar-refractivity contribution in [2.75, 3.05) is 19.6 Å². The smallest absolute Gasteiger partial charge is 0.137 e. The Morgan fingerprint density at radius 2 is 1.98 bits per heavy atom. The SMILES string of the molecule is C=N/C=C(\SCc1ccc(OC(C)C)c(C#N)c1)c1cccc2c1CCC2N.CC#CO.CCCN1CCC(O)CC1. The predicted molar refractivity (Wildman–Crippen MR) is 175 cm³/mol. The molecule has 1 saturated heterocycles. The standard InChI is InChI=1S/C23H25N3OS.C8H17NO.C3H4O/c1-15(2)27-22-10-7-16(11-17(22)12-24)14-28-23(13-26-3)20-6-4-5-19-18(20)8-9-21(19)25;1-2-5-9-6-3-8(10)4-7-9;1-2-3-4/h4-7,10-11,13,15,21H,3,8-9,14,25H2,1-2H3;8,10H,2-7H2,1H3;4H,1H3/b23-13-;;. The molecule has 4 rings (SSSR count). The molecule has 0 amide bonds. The summed E-state index contributed by atoms with van der Waals surface area (Å²) < 4.78 is 5.71. The Kier molecular flexibility index (Phi) is 15.8. The van der Waals surface area contributed by atoms with Crippen LogP contribution in [0.4, 0.5) is 0 Å². The highest BCUT2D eigenvalue weighted by atomic mass is 32.2. The molecule has 1 fully saturated rings. The van der Waals surface area contributed by atoms with E-state index in [1.165, 1.54) is 29.7 Å². The molecule has 2 aromatic carbocycles. The second-order valence-electron chi connectivity index (χ2n) is 10.5. The van der Waals surface area contributed by atoms with Gasteiger partial charge in [-0.25, -0.2) is 0 Å². The van der Waals surface area contributed by atoms with Crippen molar-refractivity contribution in [1.82, 2.24) is 4.90 Å². The van der Waals surface area contributed by atoms with E-state index >= 15 is 0 Å². The lowest BCUT2D eigenvalue weighted by Gasteiger charge is -2.28. The summed E-state index contributed by atoms with van der Waals surface area (Å²) >= 11 is 1.69. The molecule has 1 unspecified atom stereocenters. The molecule has 1 heterocycles. The van der Waals surface area contributed by atoms with E-state index in [2.05, 4.69) is 53.7 Å². The molecule has 0 spiro atoms. The Bertz CT molecular complexity index is 1260. The Morgan fingerprint density at radius 1 is 1.26 bits per heavy atom. The van der Waals surface area contributed by atoms with Gasteiger partial charge in [0.25, 0.3) is 0 Å². The van der Waals surface area contributed by atoms with Gasteiger partial charge >= 0.3 is 0 Å². The van der Waals surface area contributed by atoms with Gasteiger partial charge in [-0.2, -0.15) is 5.26 Å². The first-order chi connectivity index (χ1) is 20.3. The van der Waals surface area contributed by atoms with E-state index in [9.17, 15) is 5.26 Å². The maximum absolute atomic E-state index is 9.44. The number of rotatable bonds is 9. The number of hydrogen-bond donors (Lipinski definition) is 3. The zero-order chi connectivity index (χ0) is 30.9. The van der Waals surface area contributed by atoms with Crippen molar-refractivity contribution in [1.29, 1.82) is 5.26 Å². The number of aliphatic hydroxyl groups is 2. The van der Waals surface area contributed by atoms with Crippen molar-refractivity contribution in [3.8, 4) is 23.8 Å². The van der Waals surface area contributed by atoms with Crippen molar-refractivity contribution in [3.05, 3.63) is 70.4 Å². The molecule has 8 heteroatoms. The molecule has 1 atom stereocenters. The highest BCUT2D eigenvalue weighted by molar-refractivity contribution is 8.07. The fraction of sp³-hybridized carbons (Fsp3) is 0.471. The summed E-state index contributed by atoms with van der Waals surface area (Å²) in [6, 6.07) is 14.4. The van der Waals surface area contributed by atoms with Gasteiger partial charge in [0.05, 0.1) is 17.8 Å². The number of likely N-dealkylation sites (tertiary alicyclic amines) is 1. The second kappa shape index (κ2) is 19.0. The zero-order valence-electron chi connectivity index (χ0n) is 25.5. The number of hydrogen-bond acceptors (Lipinski definition) is 8. The molecule has 0 bridgehead atoms. The molecule has 1 aliphatic carbocycles. The van der Waals surface area contributed by atoms with Crippen molar-refractivity contribution in [3.63, 3.8) is 0 Å². The quantitative estimate of drug-likeness (QED) is 0.228. The van der Waals surface area contributed by atoms with E-state index in [0.717, 1.165) is 55.0 Å². The molecule has 1 aliphatic heterocycles. The van der Waals surface area contributed by atoms with E-state index in [4.69, 9.17) is 20.7 Å². The zero-order valence-corrected chi connectivity index (χ0v) is 26.3. The highest BCUT2D eigenvalue weighted by Gasteiger charge is 2.23. The Balaban J connectivity index is 0.000000363. The maximum Gasteiger partial charge on any atom is 0.137 e. The third kappa shape index (κ3) is 11.2. The van der Waals surface area contributed by atoms with Gasteiger partial charge in [0.2, 0.25) is 0 Å². The van der Waals surface area contributed by atoms with Crippen LogP contribution in [0.3, 0.4) is 0 Å². The number of thioether (sulfide) groups is 1. The number of fused-ring (bicyclic) bond motifs is 1. The lowest BCUT2D eigenvalue weighted by Crippen LogP contribution is -2.36. The molecular weight excluding hydrogens is 544 g/mol. The van der Waals surface area contributed by atoms with Gasteiger partial charge in [0.15, 0.2) is 0 Å². The van der Waals surface area contributed by atoms with Crippen LogP contribution in [-0.4, -0.2) is 53.7 Å². The Labute approximate surface area is 256 Å². The topological polar surface area (TPSA) is 115 Å². The van der Waals surface area contributed by atoms with E-state index in [1.54, 1.807) is 24.8 Å². The second-order valence-corrected chi connectivity index (χ2v) is 11.5. The van der Waals surface area contributed by atoms with Gasteiger partial charge in [-0.05, 0) is 93.6 Å². The van der Waals surface area contributed by atoms with Crippen LogP contribution in [0, 0.1) is 23.4 Å². The fourth-order valence-electron chi connectivity index (χ4n) is 4.92. The number of nitrogens with two attached hydrogens (primary N) is 1. The van der Waals surface area contributed by atoms with Crippen LogP contribution in [0.5, 0.6) is 5.75 Å². The van der Waals surface area contributed by atoms with Gasteiger partial charge in [-0.3, -0.25) is 4.99 Å². The molecule has 226 valence electrons. The highest BCUT2D eigenvalue weighted by Crippen LogP contribution is 2.39. The largest absolute Gasteiger partial charge is 0.490 e. The lowest BCUT2D eigenvalue weighted by atomic mass is 10.0. The molecule has 2 aromatic rings. The monoisotopic (exact) mass is 590 g/mol. The minimum atomic E-state index is -0.0203. The molecule has 7 nitrogen and oxygen atoms in total. The minimum Gasteiger partial charge on any atom is -0.490 e. The Hall–Kier alpha value is -3.27. The number of aliphatic imine (C=N–C) groups is 1. The van der Waals surface area contributed by atoms with Crippen LogP contribution in [0.25, 0.3) is 4.91 Å². The van der Waals surface area contributed by atoms with Crippen molar-refractivity contribution < 1.29 is 14.9 Å². The molecule has 2 aliphatic rings. The number of benzene rings is 2. The molecule has 0 radical (unpaired) electrons. The molecule has 0 saturated carbocycles. The molecule has 42 heavy (non-hydrogen) atoms. The summed E-state index contributed by atoms with van der Waals surface area (Å²) in [5.41, 5.74) is 11.6. The van der Waals surface area contributed by atoms with Crippen molar-refractivity contribution in [2.45, 2.75) is 83.8 Å². The first kappa shape index (κ1) is 34.9. The lowest BCUT2D eigenvalue weighted by molar-refractivity contribution is 0.0827. The first-order valence-electron chi connectivity index (χ1n) is 14.6. The molecule has 4 N–H and O–H groups in total. The average Bonchev–Trinajstić information content (AvgIpc) is 3.38. The number of nitrogens with zero attached hydrogens (tertiary/aromatic N) is 3. The van der Waals surface area contributed by atoms with E-state index in [1.807, 2.05) is 38.2 Å². The van der Waals surface area contributed by atoms with Crippen LogP contribution < -0.4 is 10.5 Å². The summed E-state index contributed by atoms with van der Waals surface area (Å²) in [4.78, 5) is 7.51. The predicted octanol–water partition coefficient (Wildman–Crippen LogP) is 6.42. The summed E-state index contributed by atoms with van der Waals surface area (Å²) in [7, 11) is 0. The van der Waals surface area contributed by atoms with Crippen molar-refractivity contribution >= 4 is 23.4 Å². The van der Waals surface area contributed by atoms with Gasteiger partial charge < -0.3 is 25.6 Å². The van der Waals surface area contributed by atoms with Gasteiger partial charge in [0, 0.05) is 42.9 Å². The summed E-state index contributed by atoms with van der Waals surface area (Å²) in [5.74, 6) is 3.60. The molecule has 0 aromatic heterocycles. The minimum absolute atomic E-state index is 0.0203. The summed E-state index contributed by atoms with van der Waals surface area (Å²) in [6.45, 7) is 14.7. The normalized spacial score (nSPS) is 16.5. The van der Waals surface area contributed by atoms with Gasteiger partial charge in [0.1, 0.15) is 17.9 Å². The summed E-state index contributed by atoms with van der Waals surface area (Å²) in [6.07, 6.45) is 8.65. The number of nitriles is 1. The van der Waals surface area contributed by atoms with Crippen LogP contribution in [0.15, 0.2) is 47.6 Å². The molecular formula is C34H46N4O3S. The summed E-state index contributed by atoms with van der Waals surface area (Å²) in [5, 5.41) is 26.1. The van der Waals surface area contributed by atoms with Gasteiger partial charge in [-0.15, -0.1) is 11.8 Å². The number of piperidine rings is 1. The Morgan fingerprint density at radius 3 is 2.57 bits per heavy atom. The number of aliphatic hydroxyl groups excluding tert-OH is 2. The van der Waals surface area contributed by atoms with Crippen molar-refractivity contribution in [2.24, 2.45) is 10.7 Å². The maximum atomic E-state index is 9.44. The fourth-order valence-corrected chi connectivity index (χ4v) is 5.91. The van der Waals surface area contributed by atoms with E-state index < -0.39 is 0 Å². The van der Waals surface area contributed by atoms with Crippen LogP contribution in [0.1, 0.15) is 87.2 Å². The van der Waals surface area contributed by atoms with E-state index in [-0.39, 0.29) is 18.2 Å². The van der Waals surface area contributed by atoms with Crippen LogP contribution in [-0.2, 0) is 12.2 Å². The number of ether oxygens (including phenoxy) is 1. The third-order valence-electron chi connectivity index (χ3n) is 6.92. The van der Waals surface area contributed by atoms with Crippen LogP contribution >= 0.6 is 11.8 Å². The van der Waals surface area contributed by atoms with Gasteiger partial charge in [-0.1, -0.05) is 37.1 Å². The third-order valence-corrected chi connectivity index (χ3v) is 8.04. The van der Waals surface area contributed by atoms with Crippen LogP contribution in [0.2, 0.25) is 0 Å².